The highest BCUT2D eigenvalue weighted by Crippen LogP contribution is 2.38. The Morgan fingerprint density at radius 1 is 1.69 bits per heavy atom. The van der Waals surface area contributed by atoms with Gasteiger partial charge in [0.2, 0.25) is 0 Å². The van der Waals surface area contributed by atoms with E-state index >= 15 is 0 Å². The zero-order valence-electron chi connectivity index (χ0n) is 9.61. The molecule has 1 aliphatic heterocycles. The molecule has 0 bridgehead atoms. The van der Waals surface area contributed by atoms with Gasteiger partial charge in [0.25, 0.3) is 0 Å². The molecule has 2 atom stereocenters. The van der Waals surface area contributed by atoms with E-state index in [1.165, 1.54) is 0 Å². The maximum Gasteiger partial charge on any atom is 0.129 e. The number of aromatic nitrogens is 1. The van der Waals surface area contributed by atoms with Crippen LogP contribution in [-0.4, -0.2) is 23.2 Å². The zero-order valence-corrected chi connectivity index (χ0v) is 9.61. The van der Waals surface area contributed by atoms with Gasteiger partial charge in [-0.1, -0.05) is 13.0 Å². The SMILES string of the molecule is CCC1CNCCC1(O)c1cccnc1N. The van der Waals surface area contributed by atoms with Gasteiger partial charge in [-0.3, -0.25) is 0 Å². The van der Waals surface area contributed by atoms with Crippen LogP contribution in [0, 0.1) is 5.92 Å². The van der Waals surface area contributed by atoms with E-state index in [-0.39, 0.29) is 5.92 Å². The number of piperidine rings is 1. The quantitative estimate of drug-likeness (QED) is 0.693. The summed E-state index contributed by atoms with van der Waals surface area (Å²) in [5.41, 5.74) is 5.82. The first-order valence-corrected chi connectivity index (χ1v) is 5.82. The monoisotopic (exact) mass is 221 g/mol. The lowest BCUT2D eigenvalue weighted by molar-refractivity contribution is -0.0474. The number of aliphatic hydroxyl groups is 1. The Kier molecular flexibility index (Phi) is 3.12. The molecule has 16 heavy (non-hydrogen) atoms. The minimum absolute atomic E-state index is 0.202. The Bertz CT molecular complexity index is 369. The van der Waals surface area contributed by atoms with Crippen LogP contribution in [0.2, 0.25) is 0 Å². The van der Waals surface area contributed by atoms with Crippen LogP contribution < -0.4 is 11.1 Å². The number of hydrogen-bond donors (Lipinski definition) is 3. The molecule has 88 valence electrons. The predicted octanol–water partition coefficient (Wildman–Crippen LogP) is 0.871. The van der Waals surface area contributed by atoms with E-state index in [1.54, 1.807) is 6.20 Å². The molecular weight excluding hydrogens is 202 g/mol. The molecule has 4 N–H and O–H groups in total. The Labute approximate surface area is 95.9 Å². The van der Waals surface area contributed by atoms with Gasteiger partial charge in [-0.15, -0.1) is 0 Å². The average molecular weight is 221 g/mol. The van der Waals surface area contributed by atoms with Crippen LogP contribution in [0.1, 0.15) is 25.3 Å². The largest absolute Gasteiger partial charge is 0.385 e. The first-order chi connectivity index (χ1) is 7.68. The van der Waals surface area contributed by atoms with Crippen molar-refractivity contribution in [1.82, 2.24) is 10.3 Å². The van der Waals surface area contributed by atoms with Crippen molar-refractivity contribution in [2.45, 2.75) is 25.4 Å². The van der Waals surface area contributed by atoms with Gasteiger partial charge in [-0.25, -0.2) is 4.98 Å². The van der Waals surface area contributed by atoms with Crippen molar-refractivity contribution >= 4 is 5.82 Å². The van der Waals surface area contributed by atoms with Crippen LogP contribution in [-0.2, 0) is 5.60 Å². The molecule has 1 fully saturated rings. The molecule has 1 aromatic heterocycles. The van der Waals surface area contributed by atoms with Crippen LogP contribution >= 0.6 is 0 Å². The van der Waals surface area contributed by atoms with Crippen molar-refractivity contribution in [2.75, 3.05) is 18.8 Å². The van der Waals surface area contributed by atoms with Crippen LogP contribution in [0.15, 0.2) is 18.3 Å². The van der Waals surface area contributed by atoms with Crippen molar-refractivity contribution < 1.29 is 5.11 Å². The molecule has 2 rings (SSSR count). The highest BCUT2D eigenvalue weighted by Gasteiger charge is 2.40. The third-order valence-corrected chi connectivity index (χ3v) is 3.55. The zero-order chi connectivity index (χ0) is 11.6. The van der Waals surface area contributed by atoms with E-state index in [9.17, 15) is 5.11 Å². The molecule has 1 aromatic rings. The van der Waals surface area contributed by atoms with Gasteiger partial charge in [0.05, 0.1) is 5.60 Å². The van der Waals surface area contributed by atoms with Crippen LogP contribution in [0.3, 0.4) is 0 Å². The van der Waals surface area contributed by atoms with Gasteiger partial charge in [-0.2, -0.15) is 0 Å². The van der Waals surface area contributed by atoms with Crippen LogP contribution in [0.5, 0.6) is 0 Å². The molecule has 1 aliphatic rings. The van der Waals surface area contributed by atoms with Gasteiger partial charge in [-0.05, 0) is 25.5 Å². The molecule has 0 radical (unpaired) electrons. The molecule has 4 nitrogen and oxygen atoms in total. The lowest BCUT2D eigenvalue weighted by Crippen LogP contribution is -2.48. The van der Waals surface area contributed by atoms with Crippen molar-refractivity contribution in [3.8, 4) is 0 Å². The number of hydrogen-bond acceptors (Lipinski definition) is 4. The number of nitrogens with one attached hydrogen (secondary N) is 1. The second-order valence-electron chi connectivity index (χ2n) is 4.42. The first kappa shape index (κ1) is 11.4. The summed E-state index contributed by atoms with van der Waals surface area (Å²) < 4.78 is 0. The van der Waals surface area contributed by atoms with E-state index in [4.69, 9.17) is 5.73 Å². The van der Waals surface area contributed by atoms with E-state index in [2.05, 4.69) is 17.2 Å². The van der Waals surface area contributed by atoms with E-state index in [0.717, 1.165) is 25.1 Å². The normalized spacial score (nSPS) is 30.2. The molecule has 0 aliphatic carbocycles. The average Bonchev–Trinajstić information content (AvgIpc) is 2.30. The summed E-state index contributed by atoms with van der Waals surface area (Å²) in [5, 5.41) is 14.1. The number of nitrogens with two attached hydrogens (primary N) is 1. The third kappa shape index (κ3) is 1.79. The number of nitrogen functional groups attached to an aromatic ring is 1. The van der Waals surface area contributed by atoms with E-state index < -0.39 is 5.60 Å². The predicted molar refractivity (Wildman–Crippen MR) is 63.8 cm³/mol. The van der Waals surface area contributed by atoms with Gasteiger partial charge >= 0.3 is 0 Å². The maximum absolute atomic E-state index is 10.8. The van der Waals surface area contributed by atoms with E-state index in [0.29, 0.717) is 12.2 Å². The highest BCUT2D eigenvalue weighted by atomic mass is 16.3. The molecule has 0 spiro atoms. The second-order valence-corrected chi connectivity index (χ2v) is 4.42. The fourth-order valence-corrected chi connectivity index (χ4v) is 2.55. The third-order valence-electron chi connectivity index (χ3n) is 3.55. The molecule has 0 amide bonds. The van der Waals surface area contributed by atoms with Crippen molar-refractivity contribution in [3.05, 3.63) is 23.9 Å². The van der Waals surface area contributed by atoms with Crippen LogP contribution in [0.4, 0.5) is 5.82 Å². The summed E-state index contributed by atoms with van der Waals surface area (Å²) in [6.07, 6.45) is 3.28. The van der Waals surface area contributed by atoms with Crippen molar-refractivity contribution in [1.29, 1.82) is 0 Å². The summed E-state index contributed by atoms with van der Waals surface area (Å²) in [5.74, 6) is 0.651. The molecule has 0 aromatic carbocycles. The molecule has 4 heteroatoms. The lowest BCUT2D eigenvalue weighted by atomic mass is 9.75. The Hall–Kier alpha value is -1.13. The molecule has 0 saturated carbocycles. The van der Waals surface area contributed by atoms with Crippen molar-refractivity contribution in [2.24, 2.45) is 5.92 Å². The fraction of sp³-hybridized carbons (Fsp3) is 0.583. The van der Waals surface area contributed by atoms with Crippen LogP contribution in [0.25, 0.3) is 0 Å². The lowest BCUT2D eigenvalue weighted by Gasteiger charge is -2.40. The minimum atomic E-state index is -0.821. The summed E-state index contributed by atoms with van der Waals surface area (Å²) in [7, 11) is 0. The van der Waals surface area contributed by atoms with Crippen molar-refractivity contribution in [3.63, 3.8) is 0 Å². The van der Waals surface area contributed by atoms with E-state index in [1.807, 2.05) is 12.1 Å². The van der Waals surface area contributed by atoms with Gasteiger partial charge in [0.1, 0.15) is 5.82 Å². The van der Waals surface area contributed by atoms with Gasteiger partial charge < -0.3 is 16.2 Å². The fourth-order valence-electron chi connectivity index (χ4n) is 2.55. The summed E-state index contributed by atoms with van der Waals surface area (Å²) >= 11 is 0. The summed E-state index contributed by atoms with van der Waals surface area (Å²) in [6.45, 7) is 3.75. The number of pyridine rings is 1. The Balaban J connectivity index is 2.39. The smallest absolute Gasteiger partial charge is 0.129 e. The molecule has 1 saturated heterocycles. The molecule has 2 heterocycles. The summed E-state index contributed by atoms with van der Waals surface area (Å²) in [4.78, 5) is 4.07. The molecular formula is C12H19N3O. The second kappa shape index (κ2) is 4.39. The number of rotatable bonds is 2. The minimum Gasteiger partial charge on any atom is -0.385 e. The summed E-state index contributed by atoms with van der Waals surface area (Å²) in [6, 6.07) is 3.72. The molecule has 2 unspecified atom stereocenters. The van der Waals surface area contributed by atoms with Gasteiger partial charge in [0.15, 0.2) is 0 Å². The number of nitrogens with zero attached hydrogens (tertiary/aromatic N) is 1. The standard InChI is InChI=1S/C12H19N3O/c1-2-9-8-14-7-5-12(9,16)10-4-3-6-15-11(10)13/h3-4,6,9,14,16H,2,5,7-8H2,1H3,(H2,13,15). The maximum atomic E-state index is 10.8. The Morgan fingerprint density at radius 2 is 2.50 bits per heavy atom. The highest BCUT2D eigenvalue weighted by molar-refractivity contribution is 5.43. The van der Waals surface area contributed by atoms with Gasteiger partial charge in [0, 0.05) is 24.2 Å². The Morgan fingerprint density at radius 3 is 3.19 bits per heavy atom. The number of anilines is 1. The topological polar surface area (TPSA) is 71.2 Å². The first-order valence-electron chi connectivity index (χ1n) is 5.82.